The summed E-state index contributed by atoms with van der Waals surface area (Å²) in [6, 6.07) is 1.12. The van der Waals surface area contributed by atoms with Gasteiger partial charge in [0, 0.05) is 11.6 Å². The highest BCUT2D eigenvalue weighted by Crippen LogP contribution is 2.32. The number of nitrogens with zero attached hydrogens (tertiary/aromatic N) is 1. The van der Waals surface area contributed by atoms with Gasteiger partial charge in [-0.05, 0) is 13.0 Å². The number of nitrogens with one attached hydrogen (secondary N) is 1. The molecule has 0 aliphatic rings. The predicted octanol–water partition coefficient (Wildman–Crippen LogP) is 2.22. The molecular weight excluding hydrogens is 279 g/mol. The SMILES string of the molecule is C=C(C)C(=O)Oc1cc(F)c(S(=O)(=O)O)cc1N=N. The lowest BCUT2D eigenvalue weighted by atomic mass is 10.3. The van der Waals surface area contributed by atoms with Gasteiger partial charge in [0.05, 0.1) is 0 Å². The third-order valence-electron chi connectivity index (χ3n) is 1.96. The van der Waals surface area contributed by atoms with Crippen molar-refractivity contribution in [2.24, 2.45) is 5.11 Å². The summed E-state index contributed by atoms with van der Waals surface area (Å²) in [7, 11) is -4.80. The zero-order valence-electron chi connectivity index (χ0n) is 9.68. The van der Waals surface area contributed by atoms with E-state index < -0.39 is 38.2 Å². The fourth-order valence-corrected chi connectivity index (χ4v) is 1.64. The van der Waals surface area contributed by atoms with E-state index in [0.29, 0.717) is 12.1 Å². The first-order valence-electron chi connectivity index (χ1n) is 4.73. The van der Waals surface area contributed by atoms with Gasteiger partial charge >= 0.3 is 5.97 Å². The zero-order valence-corrected chi connectivity index (χ0v) is 10.5. The maximum Gasteiger partial charge on any atom is 0.338 e. The average molecular weight is 288 g/mol. The van der Waals surface area contributed by atoms with Crippen LogP contribution in [0.2, 0.25) is 0 Å². The molecule has 0 fully saturated rings. The van der Waals surface area contributed by atoms with Crippen LogP contribution in [-0.2, 0) is 14.9 Å². The van der Waals surface area contributed by atoms with E-state index in [4.69, 9.17) is 10.1 Å². The summed E-state index contributed by atoms with van der Waals surface area (Å²) in [5.74, 6) is -2.67. The van der Waals surface area contributed by atoms with Crippen molar-refractivity contribution in [3.05, 3.63) is 30.1 Å². The molecule has 0 aromatic heterocycles. The summed E-state index contributed by atoms with van der Waals surface area (Å²) in [5, 5.41) is 2.90. The molecule has 0 heterocycles. The first kappa shape index (κ1) is 14.9. The van der Waals surface area contributed by atoms with Crippen molar-refractivity contribution in [3.8, 4) is 5.75 Å². The number of hydrogen-bond donors (Lipinski definition) is 2. The Hall–Kier alpha value is -2.13. The molecule has 0 saturated heterocycles. The van der Waals surface area contributed by atoms with Crippen LogP contribution in [0.25, 0.3) is 0 Å². The Kier molecular flexibility index (Phi) is 4.12. The van der Waals surface area contributed by atoms with Crippen LogP contribution >= 0.6 is 0 Å². The van der Waals surface area contributed by atoms with Crippen molar-refractivity contribution in [2.45, 2.75) is 11.8 Å². The molecule has 1 aromatic rings. The number of benzene rings is 1. The molecule has 0 atom stereocenters. The normalized spacial score (nSPS) is 10.9. The van der Waals surface area contributed by atoms with Gasteiger partial charge in [-0.1, -0.05) is 6.58 Å². The van der Waals surface area contributed by atoms with Gasteiger partial charge in [0.1, 0.15) is 16.4 Å². The molecule has 2 N–H and O–H groups in total. The number of carbonyl (C=O) groups is 1. The second kappa shape index (κ2) is 5.24. The summed E-state index contributed by atoms with van der Waals surface area (Å²) in [6.07, 6.45) is 0. The van der Waals surface area contributed by atoms with E-state index in [9.17, 15) is 17.6 Å². The van der Waals surface area contributed by atoms with Crippen LogP contribution in [0.4, 0.5) is 10.1 Å². The van der Waals surface area contributed by atoms with Crippen molar-refractivity contribution in [1.82, 2.24) is 0 Å². The second-order valence-corrected chi connectivity index (χ2v) is 4.90. The van der Waals surface area contributed by atoms with Gasteiger partial charge in [-0.2, -0.15) is 13.5 Å². The van der Waals surface area contributed by atoms with E-state index in [2.05, 4.69) is 16.4 Å². The molecule has 0 aliphatic heterocycles. The van der Waals surface area contributed by atoms with Gasteiger partial charge in [0.2, 0.25) is 0 Å². The minimum Gasteiger partial charge on any atom is -0.421 e. The molecule has 0 aliphatic carbocycles. The van der Waals surface area contributed by atoms with Crippen LogP contribution in [0.5, 0.6) is 5.75 Å². The maximum atomic E-state index is 13.5. The Bertz CT molecular complexity index is 669. The Balaban J connectivity index is 3.37. The highest BCUT2D eigenvalue weighted by atomic mass is 32.2. The minimum atomic E-state index is -4.80. The summed E-state index contributed by atoms with van der Waals surface area (Å²) >= 11 is 0. The molecular formula is C10H9FN2O5S. The first-order valence-corrected chi connectivity index (χ1v) is 6.17. The lowest BCUT2D eigenvalue weighted by Gasteiger charge is -2.08. The lowest BCUT2D eigenvalue weighted by Crippen LogP contribution is -2.09. The Labute approximate surface area is 108 Å². The number of rotatable bonds is 4. The smallest absolute Gasteiger partial charge is 0.338 e. The van der Waals surface area contributed by atoms with E-state index in [1.807, 2.05) is 0 Å². The molecule has 0 amide bonds. The van der Waals surface area contributed by atoms with E-state index in [0.717, 1.165) is 0 Å². The molecule has 102 valence electrons. The molecule has 0 radical (unpaired) electrons. The Morgan fingerprint density at radius 1 is 1.53 bits per heavy atom. The molecule has 7 nitrogen and oxygen atoms in total. The van der Waals surface area contributed by atoms with E-state index >= 15 is 0 Å². The first-order chi connectivity index (χ1) is 8.66. The van der Waals surface area contributed by atoms with Crippen molar-refractivity contribution in [2.75, 3.05) is 0 Å². The largest absolute Gasteiger partial charge is 0.421 e. The number of halogens is 1. The molecule has 0 spiro atoms. The van der Waals surface area contributed by atoms with Crippen LogP contribution in [0, 0.1) is 11.3 Å². The van der Waals surface area contributed by atoms with Gasteiger partial charge in [0.25, 0.3) is 10.1 Å². The van der Waals surface area contributed by atoms with Crippen LogP contribution < -0.4 is 4.74 Å². The third-order valence-corrected chi connectivity index (χ3v) is 2.83. The van der Waals surface area contributed by atoms with Crippen LogP contribution in [0.15, 0.2) is 34.3 Å². The highest BCUT2D eigenvalue weighted by molar-refractivity contribution is 7.85. The highest BCUT2D eigenvalue weighted by Gasteiger charge is 2.21. The molecule has 1 rings (SSSR count). The fourth-order valence-electron chi connectivity index (χ4n) is 1.08. The second-order valence-electron chi connectivity index (χ2n) is 3.51. The zero-order chi connectivity index (χ0) is 14.8. The van der Waals surface area contributed by atoms with Crippen LogP contribution in [0.1, 0.15) is 6.92 Å². The number of esters is 1. The molecule has 9 heteroatoms. The number of carbonyl (C=O) groups excluding carboxylic acids is 1. The molecule has 19 heavy (non-hydrogen) atoms. The number of hydrogen-bond acceptors (Lipinski definition) is 6. The van der Waals surface area contributed by atoms with Crippen LogP contribution in [-0.4, -0.2) is 18.9 Å². The summed E-state index contributed by atoms with van der Waals surface area (Å²) in [4.78, 5) is 10.2. The summed E-state index contributed by atoms with van der Waals surface area (Å²) in [6.45, 7) is 4.65. The van der Waals surface area contributed by atoms with Crippen LogP contribution in [0.3, 0.4) is 0 Å². The van der Waals surface area contributed by atoms with E-state index in [-0.39, 0.29) is 5.57 Å². The summed E-state index contributed by atoms with van der Waals surface area (Å²) in [5.41, 5.74) is 6.42. The predicted molar refractivity (Wildman–Crippen MR) is 61.5 cm³/mol. The Morgan fingerprint density at radius 2 is 2.11 bits per heavy atom. The van der Waals surface area contributed by atoms with Crippen molar-refractivity contribution in [3.63, 3.8) is 0 Å². The van der Waals surface area contributed by atoms with Gasteiger partial charge in [-0.15, -0.1) is 0 Å². The average Bonchev–Trinajstić information content (AvgIpc) is 2.27. The monoisotopic (exact) mass is 288 g/mol. The van der Waals surface area contributed by atoms with Gasteiger partial charge in [0.15, 0.2) is 5.75 Å². The lowest BCUT2D eigenvalue weighted by molar-refractivity contribution is -0.130. The van der Waals surface area contributed by atoms with Crippen molar-refractivity contribution >= 4 is 21.8 Å². The molecule has 0 saturated carbocycles. The minimum absolute atomic E-state index is 0.0233. The quantitative estimate of drug-likeness (QED) is 0.289. The van der Waals surface area contributed by atoms with Gasteiger partial charge < -0.3 is 4.74 Å². The summed E-state index contributed by atoms with van der Waals surface area (Å²) < 4.78 is 48.6. The van der Waals surface area contributed by atoms with E-state index in [1.165, 1.54) is 6.92 Å². The van der Waals surface area contributed by atoms with E-state index in [1.54, 1.807) is 0 Å². The van der Waals surface area contributed by atoms with Gasteiger partial charge in [-0.3, -0.25) is 4.55 Å². The molecule has 0 unspecified atom stereocenters. The van der Waals surface area contributed by atoms with Crippen molar-refractivity contribution in [1.29, 1.82) is 5.53 Å². The molecule has 0 bridgehead atoms. The van der Waals surface area contributed by atoms with Gasteiger partial charge in [-0.25, -0.2) is 14.7 Å². The fraction of sp³-hybridized carbons (Fsp3) is 0.100. The third kappa shape index (κ3) is 3.42. The van der Waals surface area contributed by atoms with Crippen molar-refractivity contribution < 1.29 is 26.9 Å². The Morgan fingerprint density at radius 3 is 2.53 bits per heavy atom. The topological polar surface area (TPSA) is 117 Å². The maximum absolute atomic E-state index is 13.5. The number of ether oxygens (including phenoxy) is 1. The standard InChI is InChI=1S/C10H9FN2O5S/c1-5(2)10(14)18-8-3-6(11)9(19(15,16)17)4-7(8)13-12/h3-4,12H,1H2,2H3,(H,15,16,17). The molecule has 1 aromatic carbocycles.